The van der Waals surface area contributed by atoms with Crippen LogP contribution in [0, 0.1) is 6.92 Å². The molecule has 1 aromatic heterocycles. The van der Waals surface area contributed by atoms with Gasteiger partial charge in [0, 0.05) is 48.9 Å². The molecule has 2 heterocycles. The Bertz CT molecular complexity index is 1160. The molecule has 2 aromatic carbocycles. The van der Waals surface area contributed by atoms with E-state index in [0.717, 1.165) is 31.0 Å². The molecule has 0 spiro atoms. The molecule has 0 saturated carbocycles. The first kappa shape index (κ1) is 23.7. The molecule has 1 aliphatic rings. The molecule has 1 saturated heterocycles. The Hall–Kier alpha value is -3.50. The van der Waals surface area contributed by atoms with Gasteiger partial charge in [-0.2, -0.15) is 4.37 Å². The summed E-state index contributed by atoms with van der Waals surface area (Å²) in [6.07, 6.45) is 0.817. The number of aryl methyl sites for hydroxylation is 1. The highest BCUT2D eigenvalue weighted by molar-refractivity contribution is 7.09. The summed E-state index contributed by atoms with van der Waals surface area (Å²) >= 11 is 1.11. The summed E-state index contributed by atoms with van der Waals surface area (Å²) < 4.78 is 21.1. The average molecular weight is 483 g/mol. The minimum Gasteiger partial charge on any atom is -0.488 e. The highest BCUT2D eigenvalue weighted by Crippen LogP contribution is 2.29. The van der Waals surface area contributed by atoms with Gasteiger partial charge < -0.3 is 19.1 Å². The molecule has 0 bridgehead atoms. The van der Waals surface area contributed by atoms with Gasteiger partial charge in [-0.15, -0.1) is 0 Å². The fourth-order valence-corrected chi connectivity index (χ4v) is 3.92. The van der Waals surface area contributed by atoms with E-state index in [1.807, 2.05) is 11.8 Å². The summed E-state index contributed by atoms with van der Waals surface area (Å²) in [6, 6.07) is 11.9. The summed E-state index contributed by atoms with van der Waals surface area (Å²) in [7, 11) is 1.60. The predicted octanol–water partition coefficient (Wildman–Crippen LogP) is 4.15. The maximum absolute atomic E-state index is 12.9. The fourth-order valence-electron chi connectivity index (χ4n) is 3.35. The van der Waals surface area contributed by atoms with Crippen LogP contribution in [-0.2, 0) is 4.74 Å². The third-order valence-corrected chi connectivity index (χ3v) is 5.83. The highest BCUT2D eigenvalue weighted by Gasteiger charge is 2.21. The van der Waals surface area contributed by atoms with Crippen LogP contribution in [0.1, 0.15) is 39.9 Å². The topological polar surface area (TPSA) is 103 Å². The first-order valence-electron chi connectivity index (χ1n) is 10.9. The number of ether oxygens (including phenoxy) is 3. The zero-order valence-electron chi connectivity index (χ0n) is 19.2. The number of nitrogens with zero attached hydrogens (tertiary/aromatic N) is 3. The van der Waals surface area contributed by atoms with E-state index in [0.29, 0.717) is 45.9 Å². The fraction of sp³-hybridized carbons (Fsp3) is 0.333. The van der Waals surface area contributed by atoms with E-state index in [9.17, 15) is 9.59 Å². The van der Waals surface area contributed by atoms with Gasteiger partial charge in [-0.1, -0.05) is 0 Å². The second-order valence-corrected chi connectivity index (χ2v) is 8.70. The summed E-state index contributed by atoms with van der Waals surface area (Å²) in [5.74, 6) is 1.67. The molecule has 34 heavy (non-hydrogen) atoms. The minimum absolute atomic E-state index is 0.0196. The molecule has 2 amide bonds. The smallest absolute Gasteiger partial charge is 0.257 e. The number of hydrogen-bond donors (Lipinski definition) is 1. The number of methoxy groups -OCH3 is 1. The van der Waals surface area contributed by atoms with E-state index in [2.05, 4.69) is 14.7 Å². The van der Waals surface area contributed by atoms with Gasteiger partial charge in [0.15, 0.2) is 0 Å². The van der Waals surface area contributed by atoms with Crippen LogP contribution in [0.25, 0.3) is 0 Å². The van der Waals surface area contributed by atoms with Crippen LogP contribution in [0.4, 0.5) is 5.13 Å². The molecule has 9 nitrogen and oxygen atoms in total. The molecule has 1 atom stereocenters. The lowest BCUT2D eigenvalue weighted by Gasteiger charge is -2.30. The maximum Gasteiger partial charge on any atom is 0.257 e. The van der Waals surface area contributed by atoms with Crippen molar-refractivity contribution in [1.82, 2.24) is 14.3 Å². The second kappa shape index (κ2) is 10.6. The summed E-state index contributed by atoms with van der Waals surface area (Å²) in [5.41, 5.74) is 0.958. The molecule has 0 aliphatic carbocycles. The maximum atomic E-state index is 12.9. The Morgan fingerprint density at radius 1 is 1.09 bits per heavy atom. The van der Waals surface area contributed by atoms with Crippen molar-refractivity contribution in [2.45, 2.75) is 26.4 Å². The monoisotopic (exact) mass is 482 g/mol. The highest BCUT2D eigenvalue weighted by atomic mass is 32.1. The van der Waals surface area contributed by atoms with Crippen molar-refractivity contribution in [2.75, 3.05) is 32.1 Å². The number of carbonyl (C=O) groups excluding carboxylic acids is 2. The van der Waals surface area contributed by atoms with Crippen LogP contribution in [0.15, 0.2) is 42.5 Å². The molecule has 0 radical (unpaired) electrons. The van der Waals surface area contributed by atoms with Crippen LogP contribution < -0.4 is 14.8 Å². The number of anilines is 1. The number of amides is 2. The van der Waals surface area contributed by atoms with Gasteiger partial charge in [0.1, 0.15) is 29.2 Å². The number of carbonyl (C=O) groups is 2. The lowest BCUT2D eigenvalue weighted by atomic mass is 10.1. The van der Waals surface area contributed by atoms with Crippen molar-refractivity contribution in [2.24, 2.45) is 0 Å². The number of benzene rings is 2. The summed E-state index contributed by atoms with van der Waals surface area (Å²) in [4.78, 5) is 31.2. The largest absolute Gasteiger partial charge is 0.488 e. The molecular weight excluding hydrogens is 456 g/mol. The van der Waals surface area contributed by atoms with Gasteiger partial charge in [-0.25, -0.2) is 4.98 Å². The molecular formula is C24H26N4O5S. The zero-order valence-corrected chi connectivity index (χ0v) is 20.1. The SMILES string of the molecule is COC[C@H](C)Oc1cc(Oc2ccc(C(=O)N3CCC3)cc2)cc(C(=O)Nc2nc(C)ns2)c1. The predicted molar refractivity (Wildman–Crippen MR) is 128 cm³/mol. The molecule has 0 unspecified atom stereocenters. The van der Waals surface area contributed by atoms with E-state index < -0.39 is 0 Å². The molecule has 1 N–H and O–H groups in total. The van der Waals surface area contributed by atoms with Gasteiger partial charge in [-0.05, 0) is 56.7 Å². The van der Waals surface area contributed by atoms with Gasteiger partial charge >= 0.3 is 0 Å². The Kier molecular flexibility index (Phi) is 7.39. The zero-order chi connectivity index (χ0) is 24.1. The Morgan fingerprint density at radius 2 is 1.82 bits per heavy atom. The number of nitrogens with one attached hydrogen (secondary N) is 1. The van der Waals surface area contributed by atoms with Gasteiger partial charge in [0.05, 0.1) is 6.61 Å². The Labute approximate surface area is 201 Å². The van der Waals surface area contributed by atoms with Crippen molar-refractivity contribution < 1.29 is 23.8 Å². The first-order chi connectivity index (χ1) is 16.4. The van der Waals surface area contributed by atoms with Crippen LogP contribution in [-0.4, -0.2) is 59.0 Å². The van der Waals surface area contributed by atoms with E-state index >= 15 is 0 Å². The van der Waals surface area contributed by atoms with Crippen LogP contribution >= 0.6 is 11.5 Å². The van der Waals surface area contributed by atoms with Gasteiger partial charge in [-0.3, -0.25) is 14.9 Å². The minimum atomic E-state index is -0.360. The Morgan fingerprint density at radius 3 is 2.44 bits per heavy atom. The molecule has 10 heteroatoms. The average Bonchev–Trinajstić information content (AvgIpc) is 3.17. The van der Waals surface area contributed by atoms with Crippen LogP contribution in [0.5, 0.6) is 17.2 Å². The quantitative estimate of drug-likeness (QED) is 0.489. The van der Waals surface area contributed by atoms with E-state index in [1.165, 1.54) is 0 Å². The standard InChI is InChI=1S/C24H26N4O5S/c1-15(14-31-3)32-20-11-18(22(29)26-24-25-16(2)27-34-24)12-21(13-20)33-19-7-5-17(6-8-19)23(30)28-9-4-10-28/h5-8,11-13,15H,4,9-10,14H2,1-3H3,(H,25,26,27,29)/t15-/m0/s1. The van der Waals surface area contributed by atoms with Crippen molar-refractivity contribution in [3.8, 4) is 17.2 Å². The van der Waals surface area contributed by atoms with E-state index in [4.69, 9.17) is 14.2 Å². The number of hydrogen-bond acceptors (Lipinski definition) is 8. The van der Waals surface area contributed by atoms with Crippen LogP contribution in [0.3, 0.4) is 0 Å². The normalized spacial score (nSPS) is 13.7. The van der Waals surface area contributed by atoms with Crippen molar-refractivity contribution in [3.63, 3.8) is 0 Å². The number of rotatable bonds is 9. The van der Waals surface area contributed by atoms with Crippen molar-refractivity contribution in [1.29, 1.82) is 0 Å². The third kappa shape index (κ3) is 5.89. The first-order valence-corrected chi connectivity index (χ1v) is 11.7. The van der Waals surface area contributed by atoms with Gasteiger partial charge in [0.25, 0.3) is 11.8 Å². The molecule has 1 fully saturated rings. The van der Waals surface area contributed by atoms with E-state index in [-0.39, 0.29) is 17.9 Å². The van der Waals surface area contributed by atoms with Crippen LogP contribution in [0.2, 0.25) is 0 Å². The van der Waals surface area contributed by atoms with Crippen molar-refractivity contribution in [3.05, 3.63) is 59.4 Å². The molecule has 178 valence electrons. The molecule has 1 aliphatic heterocycles. The lowest BCUT2D eigenvalue weighted by molar-refractivity contribution is 0.0651. The Balaban J connectivity index is 1.54. The third-order valence-electron chi connectivity index (χ3n) is 5.11. The molecule has 3 aromatic rings. The number of likely N-dealkylation sites (tertiary alicyclic amines) is 1. The summed E-state index contributed by atoms with van der Waals surface area (Å²) in [5, 5.41) is 3.15. The van der Waals surface area contributed by atoms with E-state index in [1.54, 1.807) is 56.5 Å². The number of aromatic nitrogens is 2. The van der Waals surface area contributed by atoms with Crippen molar-refractivity contribution >= 4 is 28.5 Å². The van der Waals surface area contributed by atoms with Gasteiger partial charge in [0.2, 0.25) is 5.13 Å². The second-order valence-electron chi connectivity index (χ2n) is 7.95. The lowest BCUT2D eigenvalue weighted by Crippen LogP contribution is -2.41. The summed E-state index contributed by atoms with van der Waals surface area (Å²) in [6.45, 7) is 5.61. The molecule has 4 rings (SSSR count).